The van der Waals surface area contributed by atoms with Gasteiger partial charge in [0.25, 0.3) is 0 Å². The summed E-state index contributed by atoms with van der Waals surface area (Å²) in [6.45, 7) is 5.49. The molecule has 2 rings (SSSR count). The number of rotatable bonds is 3. The van der Waals surface area contributed by atoms with Crippen LogP contribution in [0.15, 0.2) is 24.2 Å². The molecule has 19 heavy (non-hydrogen) atoms. The van der Waals surface area contributed by atoms with Crippen molar-refractivity contribution in [3.05, 3.63) is 24.2 Å². The first kappa shape index (κ1) is 15.7. The summed E-state index contributed by atoms with van der Waals surface area (Å²) in [6.07, 6.45) is 6.43. The molecule has 2 aliphatic heterocycles. The molecule has 5 heteroatoms. The summed E-state index contributed by atoms with van der Waals surface area (Å²) in [4.78, 5) is 13.7. The first-order valence-electron chi connectivity index (χ1n) is 6.92. The average Bonchev–Trinajstić information content (AvgIpc) is 3.02. The van der Waals surface area contributed by atoms with E-state index in [2.05, 4.69) is 0 Å². The number of hydrogen-bond acceptors (Lipinski definition) is 4. The third-order valence-electron chi connectivity index (χ3n) is 3.17. The molecule has 0 spiro atoms. The van der Waals surface area contributed by atoms with E-state index < -0.39 is 12.1 Å². The number of allylic oxidation sites excluding steroid dienone is 1. The summed E-state index contributed by atoms with van der Waals surface area (Å²) in [7, 11) is 0. The normalized spacial score (nSPS) is 20.8. The topological polar surface area (TPSA) is 75.8 Å². The standard InChI is InChI=1S/C12H18N2O3.C2H6/c13-10(12(16)14-5-1-2-6-14)11(15)9-4-3-7-17-8-9;1-2/h3,7-8,10-11,15H,1-2,4-6,13H2;1-2H3/t10-,11+;/m1./s1. The highest BCUT2D eigenvalue weighted by Gasteiger charge is 2.30. The number of amides is 1. The Kier molecular flexibility index (Phi) is 6.59. The van der Waals surface area contributed by atoms with E-state index >= 15 is 0 Å². The second-order valence-corrected chi connectivity index (χ2v) is 4.41. The number of nitrogens with two attached hydrogens (primary N) is 1. The van der Waals surface area contributed by atoms with Gasteiger partial charge in [0.1, 0.15) is 12.1 Å². The predicted octanol–water partition coefficient (Wildman–Crippen LogP) is 1.14. The molecular formula is C14H24N2O3. The van der Waals surface area contributed by atoms with Crippen molar-refractivity contribution < 1.29 is 14.6 Å². The second-order valence-electron chi connectivity index (χ2n) is 4.41. The summed E-state index contributed by atoms with van der Waals surface area (Å²) in [6, 6.07) is -0.894. The van der Waals surface area contributed by atoms with Crippen LogP contribution in [0.4, 0.5) is 0 Å². The molecule has 0 bridgehead atoms. The third kappa shape index (κ3) is 4.08. The van der Waals surface area contributed by atoms with Crippen molar-refractivity contribution in [2.45, 2.75) is 45.3 Å². The molecule has 3 N–H and O–H groups in total. The highest BCUT2D eigenvalue weighted by atomic mass is 16.5. The maximum Gasteiger partial charge on any atom is 0.242 e. The maximum atomic E-state index is 12.0. The van der Waals surface area contributed by atoms with E-state index in [0.717, 1.165) is 25.9 Å². The molecule has 0 unspecified atom stereocenters. The van der Waals surface area contributed by atoms with Crippen molar-refractivity contribution in [3.63, 3.8) is 0 Å². The van der Waals surface area contributed by atoms with Crippen LogP contribution in [-0.2, 0) is 9.53 Å². The zero-order valence-electron chi connectivity index (χ0n) is 11.7. The second kappa shape index (κ2) is 7.96. The molecular weight excluding hydrogens is 244 g/mol. The van der Waals surface area contributed by atoms with Crippen LogP contribution in [0.5, 0.6) is 0 Å². The number of hydrogen-bond donors (Lipinski definition) is 2. The summed E-state index contributed by atoms with van der Waals surface area (Å²) >= 11 is 0. The van der Waals surface area contributed by atoms with E-state index in [1.165, 1.54) is 6.26 Å². The molecule has 2 atom stereocenters. The lowest BCUT2D eigenvalue weighted by Crippen LogP contribution is -2.50. The smallest absolute Gasteiger partial charge is 0.242 e. The van der Waals surface area contributed by atoms with Gasteiger partial charge in [0.05, 0.1) is 12.5 Å². The van der Waals surface area contributed by atoms with Gasteiger partial charge in [0, 0.05) is 13.1 Å². The van der Waals surface area contributed by atoms with Gasteiger partial charge in [-0.25, -0.2) is 0 Å². The Bertz CT molecular complexity index is 347. The number of carbonyl (C=O) groups excluding carboxylic acids is 1. The Morgan fingerprint density at radius 3 is 2.58 bits per heavy atom. The summed E-state index contributed by atoms with van der Waals surface area (Å²) < 4.78 is 4.98. The SMILES string of the molecule is CC.N[C@@H](C(=O)N1CCCC1)[C@@H](O)C1=COC=CC1. The first-order valence-corrected chi connectivity index (χ1v) is 6.92. The Morgan fingerprint density at radius 2 is 2.05 bits per heavy atom. The first-order chi connectivity index (χ1) is 9.20. The van der Waals surface area contributed by atoms with Crippen LogP contribution in [0.25, 0.3) is 0 Å². The van der Waals surface area contributed by atoms with Crippen LogP contribution in [0.2, 0.25) is 0 Å². The lowest BCUT2D eigenvalue weighted by atomic mass is 10.00. The van der Waals surface area contributed by atoms with E-state index in [4.69, 9.17) is 10.5 Å². The molecule has 0 aromatic rings. The van der Waals surface area contributed by atoms with Crippen LogP contribution in [0, 0.1) is 0 Å². The molecule has 1 fully saturated rings. The fourth-order valence-electron chi connectivity index (χ4n) is 2.12. The van der Waals surface area contributed by atoms with Gasteiger partial charge in [-0.15, -0.1) is 0 Å². The quantitative estimate of drug-likeness (QED) is 0.805. The van der Waals surface area contributed by atoms with Crippen molar-refractivity contribution in [3.8, 4) is 0 Å². The molecule has 0 aromatic heterocycles. The molecule has 108 valence electrons. The molecule has 0 saturated carbocycles. The Balaban J connectivity index is 0.000000861. The van der Waals surface area contributed by atoms with Gasteiger partial charge >= 0.3 is 0 Å². The van der Waals surface area contributed by atoms with E-state index in [-0.39, 0.29) is 5.91 Å². The van der Waals surface area contributed by atoms with Crippen molar-refractivity contribution in [2.24, 2.45) is 5.73 Å². The van der Waals surface area contributed by atoms with E-state index in [1.807, 2.05) is 13.8 Å². The molecule has 2 aliphatic rings. The van der Waals surface area contributed by atoms with Crippen molar-refractivity contribution >= 4 is 5.91 Å². The molecule has 0 radical (unpaired) electrons. The van der Waals surface area contributed by atoms with Crippen molar-refractivity contribution in [1.29, 1.82) is 0 Å². The predicted molar refractivity (Wildman–Crippen MR) is 74.1 cm³/mol. The van der Waals surface area contributed by atoms with Gasteiger partial charge in [-0.05, 0) is 30.9 Å². The Morgan fingerprint density at radius 1 is 1.42 bits per heavy atom. The van der Waals surface area contributed by atoms with Gasteiger partial charge in [-0.1, -0.05) is 13.8 Å². The number of aliphatic hydroxyl groups excluding tert-OH is 1. The van der Waals surface area contributed by atoms with Gasteiger partial charge in [-0.2, -0.15) is 0 Å². The lowest BCUT2D eigenvalue weighted by Gasteiger charge is -2.25. The molecule has 1 saturated heterocycles. The summed E-state index contributed by atoms with van der Waals surface area (Å²) in [5, 5.41) is 10.0. The number of carbonyl (C=O) groups is 1. The number of aliphatic hydroxyl groups is 1. The number of nitrogens with zero attached hydrogens (tertiary/aromatic N) is 1. The Labute approximate surface area is 114 Å². The van der Waals surface area contributed by atoms with E-state index in [0.29, 0.717) is 12.0 Å². The lowest BCUT2D eigenvalue weighted by molar-refractivity contribution is -0.133. The summed E-state index contributed by atoms with van der Waals surface area (Å²) in [5.74, 6) is -0.176. The zero-order valence-corrected chi connectivity index (χ0v) is 11.7. The molecule has 5 nitrogen and oxygen atoms in total. The highest BCUT2D eigenvalue weighted by Crippen LogP contribution is 2.17. The van der Waals surface area contributed by atoms with Gasteiger partial charge < -0.3 is 20.5 Å². The third-order valence-corrected chi connectivity index (χ3v) is 3.17. The van der Waals surface area contributed by atoms with Gasteiger partial charge in [0.15, 0.2) is 0 Å². The molecule has 0 aliphatic carbocycles. The maximum absolute atomic E-state index is 12.0. The monoisotopic (exact) mass is 268 g/mol. The van der Waals surface area contributed by atoms with Gasteiger partial charge in [0.2, 0.25) is 5.91 Å². The van der Waals surface area contributed by atoms with E-state index in [1.54, 1.807) is 17.2 Å². The minimum absolute atomic E-state index is 0.176. The molecule has 0 aromatic carbocycles. The molecule has 2 heterocycles. The zero-order chi connectivity index (χ0) is 14.3. The Hall–Kier alpha value is -1.33. The fraction of sp³-hybridized carbons (Fsp3) is 0.643. The molecule has 1 amide bonds. The van der Waals surface area contributed by atoms with Crippen LogP contribution in [-0.4, -0.2) is 41.1 Å². The van der Waals surface area contributed by atoms with Crippen LogP contribution < -0.4 is 5.73 Å². The van der Waals surface area contributed by atoms with Crippen LogP contribution in [0.1, 0.15) is 33.1 Å². The number of likely N-dealkylation sites (tertiary alicyclic amines) is 1. The van der Waals surface area contributed by atoms with Crippen LogP contribution in [0.3, 0.4) is 0 Å². The van der Waals surface area contributed by atoms with Crippen molar-refractivity contribution in [1.82, 2.24) is 4.90 Å². The van der Waals surface area contributed by atoms with Gasteiger partial charge in [-0.3, -0.25) is 4.79 Å². The largest absolute Gasteiger partial charge is 0.473 e. The van der Waals surface area contributed by atoms with E-state index in [9.17, 15) is 9.90 Å². The minimum atomic E-state index is -0.965. The van der Waals surface area contributed by atoms with Crippen LogP contribution >= 0.6 is 0 Å². The summed E-state index contributed by atoms with van der Waals surface area (Å²) in [5.41, 5.74) is 6.46. The number of ether oxygens (including phenoxy) is 1. The minimum Gasteiger partial charge on any atom is -0.473 e. The highest BCUT2D eigenvalue weighted by molar-refractivity contribution is 5.83. The average molecular weight is 268 g/mol. The van der Waals surface area contributed by atoms with Crippen molar-refractivity contribution in [2.75, 3.05) is 13.1 Å². The fourth-order valence-corrected chi connectivity index (χ4v) is 2.12.